The molecule has 1 N–H and O–H groups in total. The molecular formula is C19H21ClO5. The number of aryl methyl sites for hydroxylation is 1. The summed E-state index contributed by atoms with van der Waals surface area (Å²) >= 11 is 6.20. The molecule has 0 saturated carbocycles. The maximum atomic E-state index is 11.7. The van der Waals surface area contributed by atoms with Crippen molar-refractivity contribution in [3.05, 3.63) is 52.5 Å². The number of hydrogen-bond donors (Lipinski definition) is 1. The summed E-state index contributed by atoms with van der Waals surface area (Å²) in [5.74, 6) is 0.286. The lowest BCUT2D eigenvalue weighted by atomic mass is 10.1. The van der Waals surface area contributed by atoms with Gasteiger partial charge in [-0.25, -0.2) is 4.79 Å². The Morgan fingerprint density at radius 2 is 1.60 bits per heavy atom. The van der Waals surface area contributed by atoms with E-state index in [-0.39, 0.29) is 0 Å². The molecule has 5 nitrogen and oxygen atoms in total. The molecule has 0 spiro atoms. The van der Waals surface area contributed by atoms with Crippen LogP contribution in [0.25, 0.3) is 0 Å². The number of carboxylic acid groups (broad SMARTS) is 1. The zero-order valence-electron chi connectivity index (χ0n) is 14.4. The molecule has 1 unspecified atom stereocenters. The van der Waals surface area contributed by atoms with Crippen LogP contribution in [0.2, 0.25) is 5.02 Å². The summed E-state index contributed by atoms with van der Waals surface area (Å²) in [5, 5.41) is 9.93. The van der Waals surface area contributed by atoms with Crippen LogP contribution < -0.4 is 14.2 Å². The van der Waals surface area contributed by atoms with Gasteiger partial charge in [-0.2, -0.15) is 0 Å². The summed E-state index contributed by atoms with van der Waals surface area (Å²) in [6.45, 7) is 6.55. The number of rotatable bonds is 8. The summed E-state index contributed by atoms with van der Waals surface area (Å²) in [7, 11) is 0. The largest absolute Gasteiger partial charge is 0.494 e. The molecule has 0 aliphatic rings. The van der Waals surface area contributed by atoms with E-state index in [2.05, 4.69) is 0 Å². The first-order valence-electron chi connectivity index (χ1n) is 8.00. The average molecular weight is 365 g/mol. The molecule has 1 atom stereocenters. The van der Waals surface area contributed by atoms with E-state index in [0.29, 0.717) is 41.0 Å². The normalized spacial score (nSPS) is 11.7. The van der Waals surface area contributed by atoms with Crippen LogP contribution in [0.4, 0.5) is 0 Å². The molecule has 6 heteroatoms. The van der Waals surface area contributed by atoms with E-state index in [1.807, 2.05) is 20.8 Å². The second-order valence-corrected chi connectivity index (χ2v) is 5.77. The zero-order chi connectivity index (χ0) is 18.4. The molecule has 0 fully saturated rings. The summed E-state index contributed by atoms with van der Waals surface area (Å²) in [4.78, 5) is 11.7. The van der Waals surface area contributed by atoms with Crippen LogP contribution in [0, 0.1) is 6.92 Å². The minimum atomic E-state index is -1.24. The molecule has 2 aromatic carbocycles. The Bertz CT molecular complexity index is 720. The molecule has 2 rings (SSSR count). The van der Waals surface area contributed by atoms with Gasteiger partial charge in [0.25, 0.3) is 0 Å². The van der Waals surface area contributed by atoms with Crippen LogP contribution in [0.15, 0.2) is 36.4 Å². The van der Waals surface area contributed by atoms with Crippen LogP contribution in [0.3, 0.4) is 0 Å². The highest BCUT2D eigenvalue weighted by molar-refractivity contribution is 6.31. The topological polar surface area (TPSA) is 65.0 Å². The SMILES string of the molecule is CCOc1cc(OCC)cc(OC(C(=O)O)c2ccc(C)cc2Cl)c1. The number of halogens is 1. The average Bonchev–Trinajstić information content (AvgIpc) is 2.53. The monoisotopic (exact) mass is 364 g/mol. The number of ether oxygens (including phenoxy) is 3. The fourth-order valence-corrected chi connectivity index (χ4v) is 2.68. The molecule has 0 bridgehead atoms. The minimum absolute atomic E-state index is 0.332. The quantitative estimate of drug-likeness (QED) is 0.738. The summed E-state index contributed by atoms with van der Waals surface area (Å²) < 4.78 is 16.7. The molecule has 0 radical (unpaired) electrons. The van der Waals surface area contributed by atoms with Crippen molar-refractivity contribution in [2.45, 2.75) is 26.9 Å². The first-order chi connectivity index (χ1) is 11.9. The van der Waals surface area contributed by atoms with Gasteiger partial charge in [0, 0.05) is 28.8 Å². The second-order valence-electron chi connectivity index (χ2n) is 5.37. The van der Waals surface area contributed by atoms with Crippen molar-refractivity contribution < 1.29 is 24.1 Å². The molecule has 0 aliphatic carbocycles. The minimum Gasteiger partial charge on any atom is -0.494 e. The number of aliphatic carboxylic acids is 1. The van der Waals surface area contributed by atoms with Gasteiger partial charge in [-0.15, -0.1) is 0 Å². The molecule has 0 aliphatic heterocycles. The number of benzene rings is 2. The van der Waals surface area contributed by atoms with Crippen molar-refractivity contribution in [2.75, 3.05) is 13.2 Å². The van der Waals surface area contributed by atoms with Crippen molar-refractivity contribution in [3.8, 4) is 17.2 Å². The van der Waals surface area contributed by atoms with E-state index < -0.39 is 12.1 Å². The maximum Gasteiger partial charge on any atom is 0.349 e. The third-order valence-electron chi connectivity index (χ3n) is 3.39. The molecular weight excluding hydrogens is 344 g/mol. The predicted molar refractivity (Wildman–Crippen MR) is 96.0 cm³/mol. The lowest BCUT2D eigenvalue weighted by Crippen LogP contribution is -2.18. The van der Waals surface area contributed by atoms with Gasteiger partial charge in [-0.3, -0.25) is 0 Å². The van der Waals surface area contributed by atoms with Crippen LogP contribution in [-0.2, 0) is 4.79 Å². The van der Waals surface area contributed by atoms with Gasteiger partial charge in [0.15, 0.2) is 0 Å². The molecule has 0 heterocycles. The van der Waals surface area contributed by atoms with Gasteiger partial charge in [0.2, 0.25) is 6.10 Å². The molecule has 0 aromatic heterocycles. The van der Waals surface area contributed by atoms with Crippen molar-refractivity contribution in [3.63, 3.8) is 0 Å². The zero-order valence-corrected chi connectivity index (χ0v) is 15.2. The summed E-state index contributed by atoms with van der Waals surface area (Å²) in [5.41, 5.74) is 1.33. The Labute approximate surface area is 152 Å². The molecule has 2 aromatic rings. The summed E-state index contributed by atoms with van der Waals surface area (Å²) in [6, 6.07) is 10.1. The van der Waals surface area contributed by atoms with E-state index in [9.17, 15) is 9.90 Å². The van der Waals surface area contributed by atoms with E-state index in [1.165, 1.54) is 0 Å². The Kier molecular flexibility index (Phi) is 6.53. The highest BCUT2D eigenvalue weighted by Gasteiger charge is 2.25. The lowest BCUT2D eigenvalue weighted by Gasteiger charge is -2.18. The Balaban J connectivity index is 2.37. The van der Waals surface area contributed by atoms with Crippen molar-refractivity contribution >= 4 is 17.6 Å². The fraction of sp³-hybridized carbons (Fsp3) is 0.316. The highest BCUT2D eigenvalue weighted by Crippen LogP contribution is 2.33. The number of carbonyl (C=O) groups is 1. The van der Waals surface area contributed by atoms with Crippen LogP contribution in [0.1, 0.15) is 31.1 Å². The second kappa shape index (κ2) is 8.62. The van der Waals surface area contributed by atoms with Crippen molar-refractivity contribution in [1.82, 2.24) is 0 Å². The van der Waals surface area contributed by atoms with Crippen LogP contribution >= 0.6 is 11.6 Å². The first kappa shape index (κ1) is 18.9. The standard InChI is InChI=1S/C19H21ClO5/c1-4-23-13-9-14(24-5-2)11-15(10-13)25-18(19(21)22)16-7-6-12(3)8-17(16)20/h6-11,18H,4-5H2,1-3H3,(H,21,22). The third kappa shape index (κ3) is 5.03. The first-order valence-corrected chi connectivity index (χ1v) is 8.38. The van der Waals surface area contributed by atoms with Gasteiger partial charge in [-0.1, -0.05) is 23.7 Å². The van der Waals surface area contributed by atoms with E-state index in [4.69, 9.17) is 25.8 Å². The Morgan fingerprint density at radius 3 is 2.08 bits per heavy atom. The lowest BCUT2D eigenvalue weighted by molar-refractivity contribution is -0.145. The number of carboxylic acids is 1. The molecule has 0 amide bonds. The Hall–Kier alpha value is -2.40. The van der Waals surface area contributed by atoms with Gasteiger partial charge >= 0.3 is 5.97 Å². The maximum absolute atomic E-state index is 11.7. The fourth-order valence-electron chi connectivity index (χ4n) is 2.34. The van der Waals surface area contributed by atoms with E-state index in [0.717, 1.165) is 5.56 Å². The van der Waals surface area contributed by atoms with Gasteiger partial charge in [0.05, 0.1) is 13.2 Å². The van der Waals surface area contributed by atoms with Crippen LogP contribution in [-0.4, -0.2) is 24.3 Å². The van der Waals surface area contributed by atoms with E-state index in [1.54, 1.807) is 36.4 Å². The van der Waals surface area contributed by atoms with Crippen LogP contribution in [0.5, 0.6) is 17.2 Å². The van der Waals surface area contributed by atoms with E-state index >= 15 is 0 Å². The van der Waals surface area contributed by atoms with Gasteiger partial charge in [0.1, 0.15) is 17.2 Å². The molecule has 25 heavy (non-hydrogen) atoms. The predicted octanol–water partition coefficient (Wildman–Crippen LogP) is 4.65. The highest BCUT2D eigenvalue weighted by atomic mass is 35.5. The van der Waals surface area contributed by atoms with Crippen molar-refractivity contribution in [1.29, 1.82) is 0 Å². The number of hydrogen-bond acceptors (Lipinski definition) is 4. The van der Waals surface area contributed by atoms with Crippen molar-refractivity contribution in [2.24, 2.45) is 0 Å². The summed E-state index contributed by atoms with van der Waals surface area (Å²) in [6.07, 6.45) is -1.24. The smallest absolute Gasteiger partial charge is 0.349 e. The third-order valence-corrected chi connectivity index (χ3v) is 3.72. The van der Waals surface area contributed by atoms with Gasteiger partial charge < -0.3 is 19.3 Å². The van der Waals surface area contributed by atoms with Gasteiger partial charge in [-0.05, 0) is 32.4 Å². The Morgan fingerprint density at radius 1 is 1.04 bits per heavy atom. The molecule has 134 valence electrons. The molecule has 0 saturated heterocycles.